The van der Waals surface area contributed by atoms with Gasteiger partial charge in [-0.3, -0.25) is 4.79 Å². The Balaban J connectivity index is 2.41. The summed E-state index contributed by atoms with van der Waals surface area (Å²) in [4.78, 5) is 17.9. The number of rotatable bonds is 7. The van der Waals surface area contributed by atoms with Crippen molar-refractivity contribution in [2.75, 3.05) is 24.6 Å². The standard InChI is InChI=1S/C11H19N3OS2/c1-3-5-14(6-4-2)9(15)8-16-10-7-13-11(12)17-10/h7H,3-6,8H2,1-2H3,(H2,12,13). The highest BCUT2D eigenvalue weighted by atomic mass is 32.2. The minimum absolute atomic E-state index is 0.200. The smallest absolute Gasteiger partial charge is 0.232 e. The molecule has 0 aliphatic rings. The molecule has 0 unspecified atom stereocenters. The van der Waals surface area contributed by atoms with E-state index in [0.29, 0.717) is 10.9 Å². The summed E-state index contributed by atoms with van der Waals surface area (Å²) in [7, 11) is 0. The number of nitrogens with zero attached hydrogens (tertiary/aromatic N) is 2. The summed E-state index contributed by atoms with van der Waals surface area (Å²) in [5.74, 6) is 0.674. The number of nitrogen functional groups attached to an aromatic ring is 1. The molecule has 6 heteroatoms. The third-order valence-electron chi connectivity index (χ3n) is 2.18. The number of amides is 1. The third kappa shape index (κ3) is 4.95. The van der Waals surface area contributed by atoms with Gasteiger partial charge in [-0.2, -0.15) is 0 Å². The summed E-state index contributed by atoms with van der Waals surface area (Å²) in [6, 6.07) is 0. The first-order valence-corrected chi connectivity index (χ1v) is 7.59. The van der Waals surface area contributed by atoms with Gasteiger partial charge in [-0.15, -0.1) is 11.8 Å². The zero-order chi connectivity index (χ0) is 12.7. The summed E-state index contributed by atoms with van der Waals surface area (Å²) in [6.45, 7) is 5.87. The molecular weight excluding hydrogens is 254 g/mol. The van der Waals surface area contributed by atoms with Crippen molar-refractivity contribution in [3.8, 4) is 0 Å². The largest absolute Gasteiger partial charge is 0.375 e. The van der Waals surface area contributed by atoms with E-state index in [1.54, 1.807) is 6.20 Å². The van der Waals surface area contributed by atoms with E-state index < -0.39 is 0 Å². The van der Waals surface area contributed by atoms with E-state index in [0.717, 1.165) is 30.1 Å². The maximum absolute atomic E-state index is 12.0. The second-order valence-corrected chi connectivity index (χ2v) is 6.02. The highest BCUT2D eigenvalue weighted by molar-refractivity contribution is 8.01. The highest BCUT2D eigenvalue weighted by Gasteiger charge is 2.12. The van der Waals surface area contributed by atoms with Crippen molar-refractivity contribution < 1.29 is 4.79 Å². The van der Waals surface area contributed by atoms with E-state index in [1.807, 2.05) is 4.90 Å². The van der Waals surface area contributed by atoms with Crippen molar-refractivity contribution in [3.63, 3.8) is 0 Å². The Morgan fingerprint density at radius 3 is 2.59 bits per heavy atom. The Morgan fingerprint density at radius 1 is 1.47 bits per heavy atom. The molecule has 0 spiro atoms. The highest BCUT2D eigenvalue weighted by Crippen LogP contribution is 2.26. The first-order chi connectivity index (χ1) is 8.17. The second kappa shape index (κ2) is 7.55. The molecule has 2 N–H and O–H groups in total. The van der Waals surface area contributed by atoms with E-state index in [9.17, 15) is 4.79 Å². The van der Waals surface area contributed by atoms with Gasteiger partial charge in [0.25, 0.3) is 0 Å². The molecule has 1 heterocycles. The number of hydrogen-bond donors (Lipinski definition) is 1. The van der Waals surface area contributed by atoms with Gasteiger partial charge in [0.15, 0.2) is 5.13 Å². The zero-order valence-electron chi connectivity index (χ0n) is 10.3. The summed E-state index contributed by atoms with van der Waals surface area (Å²) in [6.07, 6.45) is 3.73. The predicted octanol–water partition coefficient (Wildman–Crippen LogP) is 2.47. The number of aromatic nitrogens is 1. The molecule has 1 aromatic rings. The summed E-state index contributed by atoms with van der Waals surface area (Å²) < 4.78 is 1.00. The lowest BCUT2D eigenvalue weighted by Gasteiger charge is -2.20. The fourth-order valence-electron chi connectivity index (χ4n) is 1.46. The molecule has 0 radical (unpaired) electrons. The number of thioether (sulfide) groups is 1. The minimum atomic E-state index is 0.200. The lowest BCUT2D eigenvalue weighted by atomic mass is 10.3. The maximum Gasteiger partial charge on any atom is 0.232 e. The Hall–Kier alpha value is -0.750. The minimum Gasteiger partial charge on any atom is -0.375 e. The molecule has 0 aromatic carbocycles. The first-order valence-electron chi connectivity index (χ1n) is 5.79. The molecule has 0 saturated carbocycles. The van der Waals surface area contributed by atoms with Gasteiger partial charge in [0.1, 0.15) is 0 Å². The molecule has 96 valence electrons. The van der Waals surface area contributed by atoms with Crippen LogP contribution in [0.5, 0.6) is 0 Å². The van der Waals surface area contributed by atoms with E-state index in [1.165, 1.54) is 23.1 Å². The van der Waals surface area contributed by atoms with Gasteiger partial charge in [-0.25, -0.2) is 4.98 Å². The van der Waals surface area contributed by atoms with Crippen molar-refractivity contribution in [1.82, 2.24) is 9.88 Å². The van der Waals surface area contributed by atoms with Crippen LogP contribution in [0.2, 0.25) is 0 Å². The molecule has 0 aliphatic carbocycles. The van der Waals surface area contributed by atoms with E-state index >= 15 is 0 Å². The van der Waals surface area contributed by atoms with Crippen LogP contribution in [0.1, 0.15) is 26.7 Å². The van der Waals surface area contributed by atoms with Crippen LogP contribution in [0.4, 0.5) is 5.13 Å². The SMILES string of the molecule is CCCN(CCC)C(=O)CSc1cnc(N)s1. The van der Waals surface area contributed by atoms with Crippen LogP contribution in [-0.2, 0) is 4.79 Å². The van der Waals surface area contributed by atoms with Gasteiger partial charge in [-0.05, 0) is 12.8 Å². The Morgan fingerprint density at radius 2 is 2.12 bits per heavy atom. The monoisotopic (exact) mass is 273 g/mol. The molecule has 4 nitrogen and oxygen atoms in total. The first kappa shape index (κ1) is 14.3. The van der Waals surface area contributed by atoms with Crippen LogP contribution >= 0.6 is 23.1 Å². The van der Waals surface area contributed by atoms with Crippen LogP contribution in [0, 0.1) is 0 Å². The number of carbonyl (C=O) groups is 1. The summed E-state index contributed by atoms with van der Waals surface area (Å²) in [5.41, 5.74) is 5.54. The van der Waals surface area contributed by atoms with Gasteiger partial charge in [0.05, 0.1) is 16.2 Å². The third-order valence-corrected chi connectivity index (χ3v) is 4.19. The number of carbonyl (C=O) groups excluding carboxylic acids is 1. The molecule has 0 atom stereocenters. The van der Waals surface area contributed by atoms with Crippen LogP contribution in [0.25, 0.3) is 0 Å². The van der Waals surface area contributed by atoms with Gasteiger partial charge in [0.2, 0.25) is 5.91 Å². The fourth-order valence-corrected chi connectivity index (χ4v) is 3.13. The van der Waals surface area contributed by atoms with Crippen molar-refractivity contribution in [3.05, 3.63) is 6.20 Å². The van der Waals surface area contributed by atoms with Gasteiger partial charge < -0.3 is 10.6 Å². The Bertz CT molecular complexity index is 348. The van der Waals surface area contributed by atoms with Crippen molar-refractivity contribution in [2.24, 2.45) is 0 Å². The number of nitrogens with two attached hydrogens (primary N) is 1. The van der Waals surface area contributed by atoms with E-state index in [2.05, 4.69) is 18.8 Å². The molecule has 0 bridgehead atoms. The summed E-state index contributed by atoms with van der Waals surface area (Å²) in [5, 5.41) is 0.555. The molecule has 1 amide bonds. The van der Waals surface area contributed by atoms with Crippen molar-refractivity contribution >= 4 is 34.1 Å². The number of thiazole rings is 1. The van der Waals surface area contributed by atoms with Crippen molar-refractivity contribution in [2.45, 2.75) is 30.9 Å². The maximum atomic E-state index is 12.0. The van der Waals surface area contributed by atoms with Crippen LogP contribution in [-0.4, -0.2) is 34.6 Å². The quantitative estimate of drug-likeness (QED) is 0.775. The zero-order valence-corrected chi connectivity index (χ0v) is 11.9. The van der Waals surface area contributed by atoms with E-state index in [-0.39, 0.29) is 5.91 Å². The average molecular weight is 273 g/mol. The van der Waals surface area contributed by atoms with Crippen molar-refractivity contribution in [1.29, 1.82) is 0 Å². The Kier molecular flexibility index (Phi) is 6.36. The van der Waals surface area contributed by atoms with Crippen LogP contribution in [0.3, 0.4) is 0 Å². The topological polar surface area (TPSA) is 59.2 Å². The molecule has 1 aromatic heterocycles. The van der Waals surface area contributed by atoms with Crippen LogP contribution < -0.4 is 5.73 Å². The predicted molar refractivity (Wildman–Crippen MR) is 74.4 cm³/mol. The molecule has 0 fully saturated rings. The van der Waals surface area contributed by atoms with Gasteiger partial charge in [0, 0.05) is 13.1 Å². The van der Waals surface area contributed by atoms with Gasteiger partial charge in [-0.1, -0.05) is 25.2 Å². The molecular formula is C11H19N3OS2. The Labute approximate surface area is 111 Å². The molecule has 0 saturated heterocycles. The van der Waals surface area contributed by atoms with Crippen LogP contribution in [0.15, 0.2) is 10.4 Å². The lowest BCUT2D eigenvalue weighted by molar-refractivity contribution is -0.128. The summed E-state index contributed by atoms with van der Waals surface area (Å²) >= 11 is 2.94. The normalized spacial score (nSPS) is 10.5. The van der Waals surface area contributed by atoms with E-state index in [4.69, 9.17) is 5.73 Å². The number of hydrogen-bond acceptors (Lipinski definition) is 5. The second-order valence-electron chi connectivity index (χ2n) is 3.69. The molecule has 0 aliphatic heterocycles. The fraction of sp³-hybridized carbons (Fsp3) is 0.636. The molecule has 17 heavy (non-hydrogen) atoms. The number of anilines is 1. The van der Waals surface area contributed by atoms with Gasteiger partial charge >= 0.3 is 0 Å². The molecule has 1 rings (SSSR count). The lowest BCUT2D eigenvalue weighted by Crippen LogP contribution is -2.33. The average Bonchev–Trinajstić information content (AvgIpc) is 2.72.